The third-order valence-electron chi connectivity index (χ3n) is 4.91. The minimum Gasteiger partial charge on any atom is -0.289 e. The van der Waals surface area contributed by atoms with Crippen LogP contribution in [-0.4, -0.2) is 24.3 Å². The number of rotatable bonds is 5. The van der Waals surface area contributed by atoms with Crippen LogP contribution in [0.25, 0.3) is 0 Å². The molecule has 0 spiro atoms. The summed E-state index contributed by atoms with van der Waals surface area (Å²) >= 11 is 0. The Hall–Kier alpha value is -1.21. The Morgan fingerprint density at radius 2 is 1.40 bits per heavy atom. The fraction of sp³-hybridized carbons (Fsp3) is 0.409. The van der Waals surface area contributed by atoms with Gasteiger partial charge < -0.3 is 0 Å². The van der Waals surface area contributed by atoms with Crippen molar-refractivity contribution in [2.75, 3.05) is 0 Å². The standard InChI is InChI=1S/C22H30NPSi/c1-25(2,3)23(20-15-9-5-10-16-20)22(19-13-7-4-8-14-19)24-21-17-11-6-12-18-21/h4,6-8,11-14,17-18,20H,5,9-10,15-16H2,1-3H3. The summed E-state index contributed by atoms with van der Waals surface area (Å²) in [7, 11) is -0.146. The van der Waals surface area contributed by atoms with Crippen LogP contribution >= 0.6 is 8.20 Å². The molecule has 0 saturated heterocycles. The third-order valence-corrected chi connectivity index (χ3v) is 8.38. The van der Waals surface area contributed by atoms with Gasteiger partial charge >= 0.3 is 0 Å². The predicted octanol–water partition coefficient (Wildman–Crippen LogP) is 5.91. The van der Waals surface area contributed by atoms with E-state index < -0.39 is 8.24 Å². The van der Waals surface area contributed by atoms with Gasteiger partial charge in [-0.3, -0.25) is 4.57 Å². The molecule has 0 aromatic heterocycles. The first-order valence-electron chi connectivity index (χ1n) is 9.54. The molecule has 2 aromatic carbocycles. The number of hydrogen-bond acceptors (Lipinski definition) is 0. The molecule has 25 heavy (non-hydrogen) atoms. The minimum absolute atomic E-state index is 0.715. The highest BCUT2D eigenvalue weighted by atomic mass is 31.1. The first-order chi connectivity index (χ1) is 12.1. The molecular weight excluding hydrogens is 337 g/mol. The molecule has 1 aliphatic carbocycles. The van der Waals surface area contributed by atoms with Crippen LogP contribution in [0.2, 0.25) is 19.6 Å². The Bertz CT molecular complexity index is 685. The van der Waals surface area contributed by atoms with Gasteiger partial charge in [0.05, 0.1) is 0 Å². The van der Waals surface area contributed by atoms with Crippen molar-refractivity contribution in [3.63, 3.8) is 0 Å². The Morgan fingerprint density at radius 1 is 0.840 bits per heavy atom. The average Bonchev–Trinajstić information content (AvgIpc) is 2.63. The van der Waals surface area contributed by atoms with E-state index in [1.807, 2.05) is 0 Å². The van der Waals surface area contributed by atoms with Crippen molar-refractivity contribution in [2.24, 2.45) is 0 Å². The van der Waals surface area contributed by atoms with E-state index in [2.05, 4.69) is 84.9 Å². The molecule has 1 aliphatic rings. The lowest BCUT2D eigenvalue weighted by molar-refractivity contribution is 0.326. The lowest BCUT2D eigenvalue weighted by Crippen LogP contribution is -2.55. The molecule has 0 aliphatic heterocycles. The summed E-state index contributed by atoms with van der Waals surface area (Å²) in [5.74, 6) is 0. The smallest absolute Gasteiger partial charge is 0.125 e. The summed E-state index contributed by atoms with van der Waals surface area (Å²) in [4.78, 5) is 0. The minimum atomic E-state index is -1.48. The molecular formula is C22H30NPSi. The molecule has 0 unspecified atom stereocenters. The maximum atomic E-state index is 2.87. The number of benzene rings is 2. The van der Waals surface area contributed by atoms with Crippen LogP contribution in [0.5, 0.6) is 0 Å². The van der Waals surface area contributed by atoms with Gasteiger partial charge in [-0.1, -0.05) is 99.6 Å². The van der Waals surface area contributed by atoms with Crippen LogP contribution in [-0.2, 0) is 0 Å². The molecule has 0 atom stereocenters. The number of nitrogens with zero attached hydrogens (tertiary/aromatic N) is 1. The molecule has 3 heteroatoms. The zero-order valence-electron chi connectivity index (χ0n) is 15.8. The first-order valence-corrected chi connectivity index (χ1v) is 13.9. The maximum Gasteiger partial charge on any atom is 0.125 e. The van der Waals surface area contributed by atoms with Crippen molar-refractivity contribution in [2.45, 2.75) is 57.8 Å². The average molecular weight is 368 g/mol. The highest BCUT2D eigenvalue weighted by Crippen LogP contribution is 2.30. The van der Waals surface area contributed by atoms with Crippen molar-refractivity contribution >= 4 is 27.2 Å². The summed E-state index contributed by atoms with van der Waals surface area (Å²) in [5, 5.41) is 1.39. The first kappa shape index (κ1) is 18.6. The molecule has 1 nitrogen and oxygen atoms in total. The quantitative estimate of drug-likeness (QED) is 0.469. The van der Waals surface area contributed by atoms with Crippen LogP contribution < -0.4 is 5.30 Å². The van der Waals surface area contributed by atoms with Gasteiger partial charge in [0.1, 0.15) is 8.24 Å². The molecule has 1 saturated carbocycles. The Balaban J connectivity index is 2.08. The van der Waals surface area contributed by atoms with Crippen LogP contribution in [0.1, 0.15) is 37.7 Å². The normalized spacial score (nSPS) is 17.0. The Kier molecular flexibility index (Phi) is 6.27. The number of hydrogen-bond donors (Lipinski definition) is 0. The summed E-state index contributed by atoms with van der Waals surface area (Å²) in [6.07, 6.45) is 6.88. The van der Waals surface area contributed by atoms with E-state index in [4.69, 9.17) is 0 Å². The molecule has 1 fully saturated rings. The van der Waals surface area contributed by atoms with E-state index >= 15 is 0 Å². The van der Waals surface area contributed by atoms with Gasteiger partial charge in [-0.05, 0) is 26.6 Å². The highest BCUT2D eigenvalue weighted by Gasteiger charge is 2.34. The fourth-order valence-corrected chi connectivity index (χ4v) is 8.13. The van der Waals surface area contributed by atoms with E-state index in [1.54, 1.807) is 0 Å². The molecule has 0 amide bonds. The Labute approximate surface area is 156 Å². The summed E-state index contributed by atoms with van der Waals surface area (Å²) in [5.41, 5.74) is 2.90. The van der Waals surface area contributed by atoms with Crippen LogP contribution in [0.4, 0.5) is 0 Å². The lowest BCUT2D eigenvalue weighted by atomic mass is 9.95. The van der Waals surface area contributed by atoms with Crippen molar-refractivity contribution in [3.05, 3.63) is 66.2 Å². The van der Waals surface area contributed by atoms with E-state index in [0.29, 0.717) is 6.04 Å². The SMILES string of the molecule is C[Si](C)(C)N(C(=Pc1ccccc1)c1ccccc1)C1CCCCC1. The highest BCUT2D eigenvalue weighted by molar-refractivity contribution is 7.49. The van der Waals surface area contributed by atoms with Crippen molar-refractivity contribution in [1.82, 2.24) is 4.57 Å². The zero-order valence-corrected chi connectivity index (χ0v) is 17.7. The molecule has 132 valence electrons. The van der Waals surface area contributed by atoms with Crippen molar-refractivity contribution < 1.29 is 0 Å². The molecule has 0 N–H and O–H groups in total. The fourth-order valence-electron chi connectivity index (χ4n) is 3.85. The summed E-state index contributed by atoms with van der Waals surface area (Å²) < 4.78 is 2.87. The van der Waals surface area contributed by atoms with E-state index in [1.165, 1.54) is 56.6 Å². The van der Waals surface area contributed by atoms with E-state index in [0.717, 1.165) is 0 Å². The lowest BCUT2D eigenvalue weighted by Gasteiger charge is -2.43. The van der Waals surface area contributed by atoms with Gasteiger partial charge in [-0.15, -0.1) is 0 Å². The second-order valence-corrected chi connectivity index (χ2v) is 14.0. The summed E-state index contributed by atoms with van der Waals surface area (Å²) in [6.45, 7) is 7.52. The van der Waals surface area contributed by atoms with Gasteiger partial charge in [-0.2, -0.15) is 0 Å². The van der Waals surface area contributed by atoms with Gasteiger partial charge in [0.2, 0.25) is 0 Å². The van der Waals surface area contributed by atoms with Crippen LogP contribution in [0.3, 0.4) is 0 Å². The monoisotopic (exact) mass is 367 g/mol. The van der Waals surface area contributed by atoms with Crippen molar-refractivity contribution in [1.29, 1.82) is 0 Å². The predicted molar refractivity (Wildman–Crippen MR) is 116 cm³/mol. The van der Waals surface area contributed by atoms with Gasteiger partial charge in [0.25, 0.3) is 0 Å². The third kappa shape index (κ3) is 4.91. The maximum absolute atomic E-state index is 2.87. The van der Waals surface area contributed by atoms with Gasteiger partial charge in [-0.25, -0.2) is 0 Å². The van der Waals surface area contributed by atoms with E-state index in [-0.39, 0.29) is 0 Å². The second kappa shape index (κ2) is 8.45. The van der Waals surface area contributed by atoms with Crippen LogP contribution in [0.15, 0.2) is 60.7 Å². The molecule has 3 rings (SSSR count). The Morgan fingerprint density at radius 3 is 1.96 bits per heavy atom. The topological polar surface area (TPSA) is 3.24 Å². The summed E-state index contributed by atoms with van der Waals surface area (Å²) in [6, 6.07) is 22.7. The van der Waals surface area contributed by atoms with E-state index in [9.17, 15) is 0 Å². The molecule has 0 radical (unpaired) electrons. The molecule has 2 aromatic rings. The van der Waals surface area contributed by atoms with Gasteiger partial charge in [0.15, 0.2) is 0 Å². The van der Waals surface area contributed by atoms with Crippen molar-refractivity contribution in [3.8, 4) is 0 Å². The second-order valence-electron chi connectivity index (χ2n) is 7.97. The zero-order chi connectivity index (χ0) is 17.7. The van der Waals surface area contributed by atoms with Gasteiger partial charge in [0, 0.05) is 16.8 Å². The van der Waals surface area contributed by atoms with Crippen LogP contribution in [0, 0.1) is 0 Å². The molecule has 0 heterocycles. The largest absolute Gasteiger partial charge is 0.289 e. The molecule has 0 bridgehead atoms.